The molecular formula is C45H40F3N5O4. The summed E-state index contributed by atoms with van der Waals surface area (Å²) >= 11 is 0. The number of alkyl halides is 1. The van der Waals surface area contributed by atoms with Crippen molar-refractivity contribution in [3.8, 4) is 16.9 Å². The van der Waals surface area contributed by atoms with Crippen LogP contribution in [0.4, 0.5) is 19.0 Å². The predicted octanol–water partition coefficient (Wildman–Crippen LogP) is 9.06. The Balaban J connectivity index is 1.11. The average Bonchev–Trinajstić information content (AvgIpc) is 3.90. The van der Waals surface area contributed by atoms with Crippen LogP contribution < -0.4 is 15.0 Å². The molecule has 12 heteroatoms. The maximum atomic E-state index is 18.0. The van der Waals surface area contributed by atoms with Crippen LogP contribution in [0.15, 0.2) is 127 Å². The molecular weight excluding hydrogens is 732 g/mol. The standard InChI is InChI=1S/C45H40F3N5O4/c1-56-22-21-53-39-24-31(44(54)55)15-17-38(39)51-43(53)42(29-9-3-2-4-10-29)45(48)25-35(37(47)27-50-45)34-11-5-6-12-40(34)57-28-33-14-13-30(23-36(33)46)32-16-18-41(49-26-32)52-19-7-8-20-52/h2-6,9-18,23-27,42,50H,7-8,19-22,28H2,1H3,(H,54,55). The van der Waals surface area contributed by atoms with Crippen LogP contribution >= 0.6 is 0 Å². The third kappa shape index (κ3) is 7.60. The molecule has 1 saturated heterocycles. The number of benzene rings is 4. The summed E-state index contributed by atoms with van der Waals surface area (Å²) in [6, 6.07) is 28.9. The number of imidazole rings is 1. The average molecular weight is 772 g/mol. The summed E-state index contributed by atoms with van der Waals surface area (Å²) in [5.74, 6) is -4.50. The van der Waals surface area contributed by atoms with Crippen LogP contribution in [0.5, 0.6) is 5.75 Å². The van der Waals surface area contributed by atoms with Gasteiger partial charge in [-0.1, -0.05) is 60.7 Å². The maximum absolute atomic E-state index is 18.0. The van der Waals surface area contributed by atoms with Gasteiger partial charge in [0, 0.05) is 61.4 Å². The van der Waals surface area contributed by atoms with E-state index in [1.54, 1.807) is 77.5 Å². The molecule has 57 heavy (non-hydrogen) atoms. The quantitative estimate of drug-likeness (QED) is 0.112. The van der Waals surface area contributed by atoms with Gasteiger partial charge in [0.05, 0.1) is 29.1 Å². The molecule has 0 saturated carbocycles. The topological polar surface area (TPSA) is 102 Å². The second kappa shape index (κ2) is 16.0. The molecule has 9 nitrogen and oxygen atoms in total. The molecule has 2 unspecified atom stereocenters. The first-order chi connectivity index (χ1) is 27.7. The SMILES string of the molecule is COCCn1c(C(c2ccccc2)C2(F)C=C(c3ccccc3OCc3ccc(-c4ccc(N5CCCC5)nc4)cc3F)C(F)=CN2)nc2ccc(C(=O)O)cc21. The van der Waals surface area contributed by atoms with Crippen LogP contribution in [0.1, 0.15) is 51.6 Å². The normalized spacial score (nSPS) is 17.2. The molecule has 6 aromatic rings. The van der Waals surface area contributed by atoms with Crippen molar-refractivity contribution in [3.63, 3.8) is 0 Å². The Hall–Kier alpha value is -6.40. The minimum Gasteiger partial charge on any atom is -0.488 e. The highest BCUT2D eigenvalue weighted by Crippen LogP contribution is 2.44. The number of rotatable bonds is 13. The summed E-state index contributed by atoms with van der Waals surface area (Å²) in [7, 11) is 1.54. The molecule has 0 amide bonds. The fourth-order valence-corrected chi connectivity index (χ4v) is 7.59. The number of carboxylic acid groups (broad SMARTS) is 1. The van der Waals surface area contributed by atoms with Crippen molar-refractivity contribution in [3.05, 3.63) is 161 Å². The largest absolute Gasteiger partial charge is 0.488 e. The van der Waals surface area contributed by atoms with Crippen molar-refractivity contribution in [2.75, 3.05) is 31.7 Å². The molecule has 2 atom stereocenters. The van der Waals surface area contributed by atoms with Crippen molar-refractivity contribution >= 4 is 28.4 Å². The van der Waals surface area contributed by atoms with Crippen LogP contribution in [-0.4, -0.2) is 58.2 Å². The van der Waals surface area contributed by atoms with Gasteiger partial charge >= 0.3 is 5.97 Å². The van der Waals surface area contributed by atoms with E-state index in [1.807, 2.05) is 18.2 Å². The molecule has 4 aromatic carbocycles. The molecule has 2 aromatic heterocycles. The van der Waals surface area contributed by atoms with E-state index in [4.69, 9.17) is 14.5 Å². The summed E-state index contributed by atoms with van der Waals surface area (Å²) < 4.78 is 62.8. The molecule has 0 bridgehead atoms. The number of carboxylic acids is 1. The lowest BCUT2D eigenvalue weighted by Crippen LogP contribution is -2.45. The zero-order valence-corrected chi connectivity index (χ0v) is 31.2. The van der Waals surface area contributed by atoms with E-state index >= 15 is 13.2 Å². The van der Waals surface area contributed by atoms with Gasteiger partial charge in [-0.15, -0.1) is 0 Å². The zero-order valence-electron chi connectivity index (χ0n) is 31.2. The highest BCUT2D eigenvalue weighted by molar-refractivity contribution is 5.92. The number of hydrogen-bond donors (Lipinski definition) is 2. The lowest BCUT2D eigenvalue weighted by molar-refractivity contribution is 0.0697. The van der Waals surface area contributed by atoms with Crippen LogP contribution in [0.3, 0.4) is 0 Å². The Morgan fingerprint density at radius 1 is 0.947 bits per heavy atom. The van der Waals surface area contributed by atoms with Crippen LogP contribution in [-0.2, 0) is 17.9 Å². The molecule has 2 aliphatic rings. The fourth-order valence-electron chi connectivity index (χ4n) is 7.59. The van der Waals surface area contributed by atoms with Gasteiger partial charge in [0.25, 0.3) is 0 Å². The number of para-hydroxylation sites is 1. The first-order valence-corrected chi connectivity index (χ1v) is 18.8. The van der Waals surface area contributed by atoms with Gasteiger partial charge < -0.3 is 29.4 Å². The van der Waals surface area contributed by atoms with E-state index < -0.39 is 29.3 Å². The number of ether oxygens (including phenoxy) is 2. The number of aromatic nitrogens is 3. The smallest absolute Gasteiger partial charge is 0.335 e. The fraction of sp³-hybridized carbons (Fsp3) is 0.222. The zero-order chi connectivity index (χ0) is 39.5. The molecule has 4 heterocycles. The Bertz CT molecular complexity index is 2480. The molecule has 0 aliphatic carbocycles. The number of anilines is 1. The molecule has 2 aliphatic heterocycles. The van der Waals surface area contributed by atoms with Gasteiger partial charge in [0.2, 0.25) is 5.79 Å². The number of methoxy groups -OCH3 is 1. The van der Waals surface area contributed by atoms with E-state index in [-0.39, 0.29) is 53.6 Å². The Morgan fingerprint density at radius 3 is 2.46 bits per heavy atom. The van der Waals surface area contributed by atoms with Crippen LogP contribution in [0, 0.1) is 5.82 Å². The predicted molar refractivity (Wildman–Crippen MR) is 213 cm³/mol. The number of nitrogens with zero attached hydrogens (tertiary/aromatic N) is 4. The summed E-state index contributed by atoms with van der Waals surface area (Å²) in [4.78, 5) is 23.6. The number of allylic oxidation sites excluding steroid dienone is 2. The highest BCUT2D eigenvalue weighted by atomic mass is 19.1. The number of hydrogen-bond acceptors (Lipinski definition) is 7. The van der Waals surface area contributed by atoms with Gasteiger partial charge in [0.15, 0.2) is 0 Å². The molecule has 8 rings (SSSR count). The number of pyridine rings is 1. The van der Waals surface area contributed by atoms with Gasteiger partial charge in [0.1, 0.15) is 35.6 Å². The lowest BCUT2D eigenvalue weighted by Gasteiger charge is -2.35. The summed E-state index contributed by atoms with van der Waals surface area (Å²) in [6.07, 6.45) is 6.21. The summed E-state index contributed by atoms with van der Waals surface area (Å²) in [5.41, 5.74) is 3.48. The number of halogens is 3. The summed E-state index contributed by atoms with van der Waals surface area (Å²) in [5, 5.41) is 12.4. The lowest BCUT2D eigenvalue weighted by atomic mass is 9.84. The number of nitrogens with one attached hydrogen (secondary N) is 1. The van der Waals surface area contributed by atoms with E-state index in [0.29, 0.717) is 22.2 Å². The van der Waals surface area contributed by atoms with Crippen molar-refractivity contribution in [2.45, 2.75) is 37.7 Å². The van der Waals surface area contributed by atoms with Crippen molar-refractivity contribution < 1.29 is 32.5 Å². The van der Waals surface area contributed by atoms with Crippen molar-refractivity contribution in [1.29, 1.82) is 0 Å². The second-order valence-corrected chi connectivity index (χ2v) is 14.1. The van der Waals surface area contributed by atoms with E-state index in [0.717, 1.165) is 43.5 Å². The molecule has 290 valence electrons. The summed E-state index contributed by atoms with van der Waals surface area (Å²) in [6.45, 7) is 2.27. The van der Waals surface area contributed by atoms with Gasteiger partial charge in [-0.05, 0) is 72.5 Å². The maximum Gasteiger partial charge on any atom is 0.335 e. The number of carbonyl (C=O) groups is 1. The first-order valence-electron chi connectivity index (χ1n) is 18.8. The van der Waals surface area contributed by atoms with E-state index in [1.165, 1.54) is 31.4 Å². The molecule has 2 N–H and O–H groups in total. The first kappa shape index (κ1) is 37.5. The van der Waals surface area contributed by atoms with E-state index in [2.05, 4.69) is 15.2 Å². The van der Waals surface area contributed by atoms with Crippen LogP contribution in [0.25, 0.3) is 27.7 Å². The van der Waals surface area contributed by atoms with Gasteiger partial charge in [-0.25, -0.2) is 27.9 Å². The number of aromatic carboxylic acids is 1. The molecule has 0 radical (unpaired) electrons. The van der Waals surface area contributed by atoms with Crippen molar-refractivity contribution in [2.24, 2.45) is 0 Å². The minimum absolute atomic E-state index is 0.0501. The Kier molecular flexibility index (Phi) is 10.5. The number of dihydropyridines is 1. The Morgan fingerprint density at radius 2 is 1.72 bits per heavy atom. The number of fused-ring (bicyclic) bond motifs is 1. The van der Waals surface area contributed by atoms with Crippen LogP contribution in [0.2, 0.25) is 0 Å². The molecule has 0 spiro atoms. The molecule has 1 fully saturated rings. The van der Waals surface area contributed by atoms with Crippen molar-refractivity contribution in [1.82, 2.24) is 19.9 Å². The van der Waals surface area contributed by atoms with Gasteiger partial charge in [-0.3, -0.25) is 0 Å². The monoisotopic (exact) mass is 771 g/mol. The third-order valence-corrected chi connectivity index (χ3v) is 10.5. The minimum atomic E-state index is -2.45. The van der Waals surface area contributed by atoms with Gasteiger partial charge in [-0.2, -0.15) is 0 Å². The van der Waals surface area contributed by atoms with E-state index in [9.17, 15) is 9.90 Å². The third-order valence-electron chi connectivity index (χ3n) is 10.5. The highest BCUT2D eigenvalue weighted by Gasteiger charge is 2.45. The second-order valence-electron chi connectivity index (χ2n) is 14.1. The Labute approximate surface area is 327 Å².